The van der Waals surface area contributed by atoms with Crippen LogP contribution in [0, 0.1) is 0 Å². The van der Waals surface area contributed by atoms with Gasteiger partial charge in [0.2, 0.25) is 12.1 Å². The number of esters is 2. The first-order valence-corrected chi connectivity index (χ1v) is 10.4. The van der Waals surface area contributed by atoms with E-state index in [1.807, 2.05) is 30.3 Å². The Kier molecular flexibility index (Phi) is 6.77. The topological polar surface area (TPSA) is 104 Å². The maximum absolute atomic E-state index is 12.0. The van der Waals surface area contributed by atoms with Crippen molar-refractivity contribution in [3.63, 3.8) is 0 Å². The smallest absolute Gasteiger partial charge is 0.313 e. The molecule has 0 aliphatic carbocycles. The molecule has 0 amide bonds. The van der Waals surface area contributed by atoms with E-state index in [-0.39, 0.29) is 11.7 Å². The molecule has 0 N–H and O–H groups in total. The summed E-state index contributed by atoms with van der Waals surface area (Å²) in [6.07, 6.45) is 1.80. The van der Waals surface area contributed by atoms with E-state index in [1.165, 1.54) is 6.92 Å². The molecule has 3 aromatic rings. The lowest BCUT2D eigenvalue weighted by Crippen LogP contribution is -2.37. The number of pyridine rings is 1. The Bertz CT molecular complexity index is 1150. The molecule has 1 saturated heterocycles. The van der Waals surface area contributed by atoms with Crippen molar-refractivity contribution in [1.29, 1.82) is 0 Å². The predicted molar refractivity (Wildman–Crippen MR) is 117 cm³/mol. The zero-order valence-corrected chi connectivity index (χ0v) is 18.2. The normalized spacial score (nSPS) is 13.8. The van der Waals surface area contributed by atoms with Crippen LogP contribution in [0.3, 0.4) is 0 Å². The van der Waals surface area contributed by atoms with Crippen LogP contribution in [0.2, 0.25) is 5.28 Å². The Morgan fingerprint density at radius 2 is 1.94 bits per heavy atom. The highest BCUT2D eigenvalue weighted by Crippen LogP contribution is 2.28. The van der Waals surface area contributed by atoms with E-state index in [0.29, 0.717) is 43.2 Å². The van der Waals surface area contributed by atoms with Gasteiger partial charge in [0.1, 0.15) is 5.52 Å². The van der Waals surface area contributed by atoms with Crippen LogP contribution in [0.1, 0.15) is 12.5 Å². The van der Waals surface area contributed by atoms with Crippen molar-refractivity contribution < 1.29 is 23.8 Å². The minimum atomic E-state index is -0.510. The predicted octanol–water partition coefficient (Wildman–Crippen LogP) is 2.79. The lowest BCUT2D eigenvalue weighted by atomic mass is 10.0. The van der Waals surface area contributed by atoms with E-state index in [4.69, 9.17) is 21.1 Å². The molecule has 1 aliphatic heterocycles. The number of hydrogen-bond acceptors (Lipinski definition) is 9. The van der Waals surface area contributed by atoms with Gasteiger partial charge in [-0.1, -0.05) is 24.3 Å². The van der Waals surface area contributed by atoms with Crippen LogP contribution < -0.4 is 4.90 Å². The molecule has 166 valence electrons. The van der Waals surface area contributed by atoms with Crippen molar-refractivity contribution in [3.8, 4) is 11.1 Å². The summed E-state index contributed by atoms with van der Waals surface area (Å²) in [5.74, 6) is -0.307. The number of carbonyl (C=O) groups excluding carboxylic acids is 2. The first kappa shape index (κ1) is 21.9. The van der Waals surface area contributed by atoms with Crippen LogP contribution in [0.25, 0.3) is 22.2 Å². The van der Waals surface area contributed by atoms with Gasteiger partial charge in [0, 0.05) is 31.8 Å². The van der Waals surface area contributed by atoms with Crippen LogP contribution in [0.5, 0.6) is 0 Å². The van der Waals surface area contributed by atoms with Gasteiger partial charge in [0.15, 0.2) is 5.82 Å². The molecular formula is C22H21ClN4O5. The summed E-state index contributed by atoms with van der Waals surface area (Å²) < 4.78 is 14.9. The van der Waals surface area contributed by atoms with Crippen LogP contribution in [-0.4, -0.2) is 60.0 Å². The fourth-order valence-corrected chi connectivity index (χ4v) is 3.56. The molecule has 0 radical (unpaired) electrons. The number of hydrogen-bond donors (Lipinski definition) is 0. The molecule has 10 heteroatoms. The highest BCUT2D eigenvalue weighted by molar-refractivity contribution is 6.28. The van der Waals surface area contributed by atoms with Crippen LogP contribution >= 0.6 is 11.6 Å². The van der Waals surface area contributed by atoms with Crippen LogP contribution in [-0.2, 0) is 30.2 Å². The molecule has 1 fully saturated rings. The molecule has 0 atom stereocenters. The summed E-state index contributed by atoms with van der Waals surface area (Å²) in [4.78, 5) is 38.2. The Morgan fingerprint density at radius 1 is 1.12 bits per heavy atom. The van der Waals surface area contributed by atoms with Crippen LogP contribution in [0.15, 0.2) is 36.5 Å². The Hall–Kier alpha value is -3.30. The molecule has 1 aliphatic rings. The number of nitrogens with zero attached hydrogens (tertiary/aromatic N) is 4. The fourth-order valence-electron chi connectivity index (χ4n) is 3.39. The number of anilines is 1. The van der Waals surface area contributed by atoms with E-state index >= 15 is 0 Å². The third-order valence-corrected chi connectivity index (χ3v) is 5.06. The van der Waals surface area contributed by atoms with Gasteiger partial charge in [-0.05, 0) is 28.8 Å². The summed E-state index contributed by atoms with van der Waals surface area (Å²) in [6.45, 7) is 3.52. The average molecular weight is 457 g/mol. The Morgan fingerprint density at radius 3 is 2.72 bits per heavy atom. The summed E-state index contributed by atoms with van der Waals surface area (Å²) >= 11 is 6.19. The number of fused-ring (bicyclic) bond motifs is 1. The van der Waals surface area contributed by atoms with Gasteiger partial charge < -0.3 is 19.1 Å². The molecule has 2 aromatic heterocycles. The van der Waals surface area contributed by atoms with Crippen LogP contribution in [0.4, 0.5) is 5.82 Å². The number of carbonyl (C=O) groups is 2. The van der Waals surface area contributed by atoms with E-state index in [2.05, 4.69) is 24.6 Å². The number of ether oxygens (including phenoxy) is 3. The summed E-state index contributed by atoms with van der Waals surface area (Å²) in [6, 6.07) is 9.36. The second kappa shape index (κ2) is 9.88. The van der Waals surface area contributed by atoms with Crippen molar-refractivity contribution in [1.82, 2.24) is 15.0 Å². The molecule has 9 nitrogen and oxygen atoms in total. The Balaban J connectivity index is 1.56. The van der Waals surface area contributed by atoms with Gasteiger partial charge >= 0.3 is 11.9 Å². The monoisotopic (exact) mass is 456 g/mol. The number of rotatable bonds is 6. The van der Waals surface area contributed by atoms with E-state index in [9.17, 15) is 9.59 Å². The van der Waals surface area contributed by atoms with Crippen molar-refractivity contribution >= 4 is 40.4 Å². The Labute approximate surface area is 189 Å². The van der Waals surface area contributed by atoms with Gasteiger partial charge in [-0.2, -0.15) is 4.98 Å². The molecule has 0 saturated carbocycles. The summed E-state index contributed by atoms with van der Waals surface area (Å²) in [5, 5.41) is 0.155. The molecule has 0 bridgehead atoms. The van der Waals surface area contributed by atoms with Crippen molar-refractivity contribution in [3.05, 3.63) is 47.4 Å². The maximum atomic E-state index is 12.0. The van der Waals surface area contributed by atoms with E-state index in [1.54, 1.807) is 6.20 Å². The molecule has 1 aromatic carbocycles. The number of halogens is 1. The second-order valence-electron chi connectivity index (χ2n) is 7.15. The maximum Gasteiger partial charge on any atom is 0.313 e. The summed E-state index contributed by atoms with van der Waals surface area (Å²) in [7, 11) is 0. The number of benzene rings is 1. The molecular weight excluding hydrogens is 436 g/mol. The minimum Gasteiger partial charge on any atom is -0.428 e. The molecule has 32 heavy (non-hydrogen) atoms. The standard InChI is InChI=1S/C22H21ClN4O5/c1-14(28)31-13-32-19(29)10-15-3-2-4-16(9-15)17-11-18-20(24-12-17)21(26-22(23)25-18)27-5-7-30-8-6-27/h2-4,9,11-12H,5-8,10,13H2,1H3. The third kappa shape index (κ3) is 5.30. The first-order chi connectivity index (χ1) is 15.5. The summed E-state index contributed by atoms with van der Waals surface area (Å²) in [5.41, 5.74) is 3.76. The highest BCUT2D eigenvalue weighted by atomic mass is 35.5. The zero-order chi connectivity index (χ0) is 22.5. The third-order valence-electron chi connectivity index (χ3n) is 4.89. The van der Waals surface area contributed by atoms with Gasteiger partial charge in [0.05, 0.1) is 25.2 Å². The van der Waals surface area contributed by atoms with Crippen molar-refractivity contribution in [2.24, 2.45) is 0 Å². The molecule has 3 heterocycles. The van der Waals surface area contributed by atoms with Gasteiger partial charge in [-0.3, -0.25) is 14.6 Å². The second-order valence-corrected chi connectivity index (χ2v) is 7.49. The minimum absolute atomic E-state index is 0.0469. The van der Waals surface area contributed by atoms with Gasteiger partial charge in [0.25, 0.3) is 0 Å². The number of morpholine rings is 1. The van der Waals surface area contributed by atoms with E-state index in [0.717, 1.165) is 16.7 Å². The van der Waals surface area contributed by atoms with Gasteiger partial charge in [-0.15, -0.1) is 0 Å². The van der Waals surface area contributed by atoms with Crippen molar-refractivity contribution in [2.45, 2.75) is 13.3 Å². The highest BCUT2D eigenvalue weighted by Gasteiger charge is 2.18. The molecule has 0 unspecified atom stereocenters. The van der Waals surface area contributed by atoms with E-state index < -0.39 is 18.7 Å². The zero-order valence-electron chi connectivity index (χ0n) is 17.4. The average Bonchev–Trinajstić information content (AvgIpc) is 2.78. The quantitative estimate of drug-likeness (QED) is 0.314. The lowest BCUT2D eigenvalue weighted by molar-refractivity contribution is -0.165. The lowest BCUT2D eigenvalue weighted by Gasteiger charge is -2.28. The van der Waals surface area contributed by atoms with Crippen molar-refractivity contribution in [2.75, 3.05) is 38.0 Å². The largest absolute Gasteiger partial charge is 0.428 e. The fraction of sp³-hybridized carbons (Fsp3) is 0.318. The molecule has 4 rings (SSSR count). The SMILES string of the molecule is CC(=O)OCOC(=O)Cc1cccc(-c2cnc3c(N4CCOCC4)nc(Cl)nc3c2)c1. The first-order valence-electron chi connectivity index (χ1n) is 10.0. The van der Waals surface area contributed by atoms with Gasteiger partial charge in [-0.25, -0.2) is 4.98 Å². The number of aromatic nitrogens is 3. The molecule has 0 spiro atoms.